The molecular formula is C17H18N4O. The Morgan fingerprint density at radius 2 is 2.05 bits per heavy atom. The molecule has 22 heavy (non-hydrogen) atoms. The monoisotopic (exact) mass is 294 g/mol. The molecule has 2 aromatic heterocycles. The normalized spacial score (nSPS) is 11.0. The number of carbonyl (C=O) groups is 1. The van der Waals surface area contributed by atoms with Gasteiger partial charge in [0.15, 0.2) is 0 Å². The Kier molecular flexibility index (Phi) is 3.87. The molecule has 1 amide bonds. The summed E-state index contributed by atoms with van der Waals surface area (Å²) >= 11 is 0. The van der Waals surface area contributed by atoms with E-state index in [0.717, 1.165) is 22.4 Å². The maximum atomic E-state index is 12.2. The van der Waals surface area contributed by atoms with E-state index in [1.165, 1.54) is 0 Å². The minimum atomic E-state index is -0.0247. The number of carbonyl (C=O) groups excluding carboxylic acids is 1. The number of benzene rings is 1. The molecule has 0 radical (unpaired) electrons. The van der Waals surface area contributed by atoms with E-state index in [1.54, 1.807) is 12.4 Å². The zero-order valence-electron chi connectivity index (χ0n) is 12.7. The van der Waals surface area contributed by atoms with Crippen molar-refractivity contribution >= 4 is 16.9 Å². The maximum absolute atomic E-state index is 12.2. The average molecular weight is 294 g/mol. The van der Waals surface area contributed by atoms with Crippen molar-refractivity contribution in [2.45, 2.75) is 26.4 Å². The molecule has 0 atom stereocenters. The Morgan fingerprint density at radius 1 is 1.23 bits per heavy atom. The minimum absolute atomic E-state index is 0.0247. The molecule has 1 aromatic carbocycles. The van der Waals surface area contributed by atoms with Crippen LogP contribution in [0.1, 0.15) is 13.8 Å². The molecule has 3 aromatic rings. The highest BCUT2D eigenvalue weighted by molar-refractivity contribution is 5.84. The first kappa shape index (κ1) is 14.3. The first-order valence-corrected chi connectivity index (χ1v) is 7.30. The molecule has 5 heteroatoms. The number of aromatic nitrogens is 3. The van der Waals surface area contributed by atoms with Crippen molar-refractivity contribution < 1.29 is 4.79 Å². The van der Waals surface area contributed by atoms with Crippen LogP contribution in [0.25, 0.3) is 22.4 Å². The van der Waals surface area contributed by atoms with Gasteiger partial charge in [0.05, 0.1) is 11.0 Å². The fourth-order valence-electron chi connectivity index (χ4n) is 2.46. The van der Waals surface area contributed by atoms with E-state index < -0.39 is 0 Å². The molecule has 0 fully saturated rings. The van der Waals surface area contributed by atoms with E-state index in [0.29, 0.717) is 0 Å². The second-order valence-corrected chi connectivity index (χ2v) is 5.47. The van der Waals surface area contributed by atoms with Crippen LogP contribution in [0.5, 0.6) is 0 Å². The van der Waals surface area contributed by atoms with Crippen LogP contribution in [0.3, 0.4) is 0 Å². The number of hydrogen-bond acceptors (Lipinski definition) is 3. The van der Waals surface area contributed by atoms with Gasteiger partial charge in [0, 0.05) is 24.0 Å². The molecule has 0 saturated carbocycles. The van der Waals surface area contributed by atoms with Crippen molar-refractivity contribution in [3.63, 3.8) is 0 Å². The number of rotatable bonds is 4. The first-order valence-electron chi connectivity index (χ1n) is 7.30. The highest BCUT2D eigenvalue weighted by Crippen LogP contribution is 2.24. The van der Waals surface area contributed by atoms with E-state index in [1.807, 2.05) is 54.8 Å². The summed E-state index contributed by atoms with van der Waals surface area (Å²) in [6.45, 7) is 4.14. The Hall–Kier alpha value is -2.69. The summed E-state index contributed by atoms with van der Waals surface area (Å²) in [4.78, 5) is 21.0. The Morgan fingerprint density at radius 3 is 2.77 bits per heavy atom. The maximum Gasteiger partial charge on any atom is 0.240 e. The lowest BCUT2D eigenvalue weighted by Gasteiger charge is -2.11. The van der Waals surface area contributed by atoms with E-state index in [4.69, 9.17) is 0 Å². The molecule has 2 heterocycles. The fraction of sp³-hybridized carbons (Fsp3) is 0.235. The van der Waals surface area contributed by atoms with Crippen LogP contribution in [0.4, 0.5) is 0 Å². The molecule has 0 saturated heterocycles. The SMILES string of the molecule is CC(C)NC(=O)Cn1c(-c2cccnc2)nc2ccccc21. The largest absolute Gasteiger partial charge is 0.352 e. The summed E-state index contributed by atoms with van der Waals surface area (Å²) in [5.74, 6) is 0.733. The third kappa shape index (κ3) is 2.83. The first-order chi connectivity index (χ1) is 10.6. The van der Waals surface area contributed by atoms with Gasteiger partial charge < -0.3 is 9.88 Å². The molecule has 0 aliphatic heterocycles. The fourth-order valence-corrected chi connectivity index (χ4v) is 2.46. The van der Waals surface area contributed by atoms with Gasteiger partial charge in [0.25, 0.3) is 0 Å². The van der Waals surface area contributed by atoms with Crippen LogP contribution in [-0.2, 0) is 11.3 Å². The number of nitrogens with zero attached hydrogens (tertiary/aromatic N) is 3. The number of para-hydroxylation sites is 2. The summed E-state index contributed by atoms with van der Waals surface area (Å²) in [6, 6.07) is 11.8. The van der Waals surface area contributed by atoms with Gasteiger partial charge in [0.1, 0.15) is 12.4 Å². The van der Waals surface area contributed by atoms with Crippen LogP contribution in [0.2, 0.25) is 0 Å². The third-order valence-electron chi connectivity index (χ3n) is 3.33. The second-order valence-electron chi connectivity index (χ2n) is 5.47. The molecule has 0 aliphatic rings. The standard InChI is InChI=1S/C17H18N4O/c1-12(2)19-16(22)11-21-15-8-4-3-7-14(15)20-17(21)13-6-5-9-18-10-13/h3-10,12H,11H2,1-2H3,(H,19,22). The molecule has 0 spiro atoms. The van der Waals surface area contributed by atoms with Gasteiger partial charge in [-0.2, -0.15) is 0 Å². The van der Waals surface area contributed by atoms with Crippen molar-refractivity contribution in [1.82, 2.24) is 19.9 Å². The van der Waals surface area contributed by atoms with Gasteiger partial charge in [-0.05, 0) is 38.1 Å². The highest BCUT2D eigenvalue weighted by Gasteiger charge is 2.15. The van der Waals surface area contributed by atoms with Crippen LogP contribution < -0.4 is 5.32 Å². The summed E-state index contributed by atoms with van der Waals surface area (Å²) in [5, 5.41) is 2.92. The lowest BCUT2D eigenvalue weighted by atomic mass is 10.2. The van der Waals surface area contributed by atoms with Crippen molar-refractivity contribution in [2.24, 2.45) is 0 Å². The highest BCUT2D eigenvalue weighted by atomic mass is 16.2. The van der Waals surface area contributed by atoms with Gasteiger partial charge >= 0.3 is 0 Å². The van der Waals surface area contributed by atoms with Gasteiger partial charge in [-0.15, -0.1) is 0 Å². The summed E-state index contributed by atoms with van der Waals surface area (Å²) in [5.41, 5.74) is 2.72. The third-order valence-corrected chi connectivity index (χ3v) is 3.33. The Labute approximate surface area is 129 Å². The number of imidazole rings is 1. The van der Waals surface area contributed by atoms with Gasteiger partial charge in [0.2, 0.25) is 5.91 Å². The lowest BCUT2D eigenvalue weighted by molar-refractivity contribution is -0.122. The minimum Gasteiger partial charge on any atom is -0.352 e. The van der Waals surface area contributed by atoms with Crippen molar-refractivity contribution in [3.05, 3.63) is 48.8 Å². The molecule has 0 aliphatic carbocycles. The average Bonchev–Trinajstić information content (AvgIpc) is 2.86. The summed E-state index contributed by atoms with van der Waals surface area (Å²) in [6.07, 6.45) is 3.49. The Balaban J connectivity index is 2.08. The molecule has 112 valence electrons. The number of pyridine rings is 1. The van der Waals surface area contributed by atoms with E-state index in [9.17, 15) is 4.79 Å². The topological polar surface area (TPSA) is 59.8 Å². The molecule has 1 N–H and O–H groups in total. The Bertz CT molecular complexity index is 793. The number of amides is 1. The van der Waals surface area contributed by atoms with E-state index >= 15 is 0 Å². The second kappa shape index (κ2) is 5.97. The zero-order chi connectivity index (χ0) is 15.5. The predicted molar refractivity (Wildman–Crippen MR) is 86.2 cm³/mol. The molecule has 0 unspecified atom stereocenters. The predicted octanol–water partition coefficient (Wildman–Crippen LogP) is 2.62. The number of fused-ring (bicyclic) bond motifs is 1. The number of hydrogen-bond donors (Lipinski definition) is 1. The summed E-state index contributed by atoms with van der Waals surface area (Å²) < 4.78 is 1.93. The van der Waals surface area contributed by atoms with E-state index in [-0.39, 0.29) is 18.5 Å². The summed E-state index contributed by atoms with van der Waals surface area (Å²) in [7, 11) is 0. The van der Waals surface area contributed by atoms with Crippen LogP contribution >= 0.6 is 0 Å². The van der Waals surface area contributed by atoms with E-state index in [2.05, 4.69) is 15.3 Å². The molecule has 5 nitrogen and oxygen atoms in total. The van der Waals surface area contributed by atoms with Crippen LogP contribution in [-0.4, -0.2) is 26.5 Å². The van der Waals surface area contributed by atoms with Crippen molar-refractivity contribution in [3.8, 4) is 11.4 Å². The quantitative estimate of drug-likeness (QED) is 0.804. The van der Waals surface area contributed by atoms with Crippen LogP contribution in [0.15, 0.2) is 48.8 Å². The molecule has 3 rings (SSSR count). The number of nitrogens with one attached hydrogen (secondary N) is 1. The van der Waals surface area contributed by atoms with Gasteiger partial charge in [-0.1, -0.05) is 12.1 Å². The molecular weight excluding hydrogens is 276 g/mol. The smallest absolute Gasteiger partial charge is 0.240 e. The lowest BCUT2D eigenvalue weighted by Crippen LogP contribution is -2.33. The zero-order valence-corrected chi connectivity index (χ0v) is 12.7. The van der Waals surface area contributed by atoms with Crippen molar-refractivity contribution in [2.75, 3.05) is 0 Å². The van der Waals surface area contributed by atoms with Crippen LogP contribution in [0, 0.1) is 0 Å². The molecule has 0 bridgehead atoms. The van der Waals surface area contributed by atoms with Gasteiger partial charge in [-0.25, -0.2) is 4.98 Å². The van der Waals surface area contributed by atoms with Crippen molar-refractivity contribution in [1.29, 1.82) is 0 Å². The van der Waals surface area contributed by atoms with Gasteiger partial charge in [-0.3, -0.25) is 9.78 Å².